The predicted octanol–water partition coefficient (Wildman–Crippen LogP) is 1.47. The van der Waals surface area contributed by atoms with Crippen molar-refractivity contribution < 1.29 is 0 Å². The van der Waals surface area contributed by atoms with Crippen molar-refractivity contribution >= 4 is 26.4 Å². The lowest BCUT2D eigenvalue weighted by Gasteiger charge is -2.27. The van der Waals surface area contributed by atoms with Crippen LogP contribution in [0.1, 0.15) is 0 Å². The third kappa shape index (κ3) is 2.43. The molecular formula is C9H18Si3. The molecule has 0 spiro atoms. The van der Waals surface area contributed by atoms with Crippen LogP contribution in [0.4, 0.5) is 0 Å². The van der Waals surface area contributed by atoms with Gasteiger partial charge < -0.3 is 0 Å². The van der Waals surface area contributed by atoms with Crippen LogP contribution < -0.4 is 0 Å². The van der Waals surface area contributed by atoms with E-state index in [1.165, 1.54) is 0 Å². The molecule has 0 unspecified atom stereocenters. The lowest BCUT2D eigenvalue weighted by molar-refractivity contribution is 1.58. The van der Waals surface area contributed by atoms with E-state index >= 15 is 0 Å². The molecule has 0 saturated carbocycles. The molecule has 0 N–H and O–H groups in total. The topological polar surface area (TPSA) is 0 Å². The monoisotopic (exact) mass is 210 g/mol. The zero-order chi connectivity index (χ0) is 8.97. The summed E-state index contributed by atoms with van der Waals surface area (Å²) in [6, 6.07) is 0. The molecule has 3 heteroatoms. The number of rotatable bonds is 3. The van der Waals surface area contributed by atoms with Crippen LogP contribution in [-0.4, -0.2) is 26.4 Å². The first kappa shape index (κ1) is 9.95. The molecule has 0 aromatic carbocycles. The molecule has 0 bridgehead atoms. The summed E-state index contributed by atoms with van der Waals surface area (Å²) < 4.78 is 0. The van der Waals surface area contributed by atoms with Crippen molar-refractivity contribution in [3.05, 3.63) is 36.8 Å². The Morgan fingerprint density at radius 2 is 0.917 bits per heavy atom. The fourth-order valence-corrected chi connectivity index (χ4v) is 23.5. The van der Waals surface area contributed by atoms with E-state index in [9.17, 15) is 0 Å². The van der Waals surface area contributed by atoms with E-state index in [2.05, 4.69) is 36.8 Å². The van der Waals surface area contributed by atoms with Crippen molar-refractivity contribution in [2.75, 3.05) is 0 Å². The Labute approximate surface area is 80.5 Å². The highest BCUT2D eigenvalue weighted by Gasteiger charge is 2.26. The number of hydrogen-bond donors (Lipinski definition) is 0. The highest BCUT2D eigenvalue weighted by Crippen LogP contribution is 2.20. The first-order valence-corrected chi connectivity index (χ1v) is 11.6. The first-order chi connectivity index (χ1) is 5.80. The molecule has 1 fully saturated rings. The first-order valence-electron chi connectivity index (χ1n) is 4.67. The minimum atomic E-state index is -0.511. The normalized spacial score (nSPS) is 35.5. The Morgan fingerprint density at radius 1 is 0.667 bits per heavy atom. The van der Waals surface area contributed by atoms with Gasteiger partial charge >= 0.3 is 0 Å². The zero-order valence-electron chi connectivity index (χ0n) is 7.71. The molecule has 1 heterocycles. The van der Waals surface area contributed by atoms with Crippen LogP contribution in [0.15, 0.2) is 36.8 Å². The summed E-state index contributed by atoms with van der Waals surface area (Å²) in [6.07, 6.45) is 0. The highest BCUT2D eigenvalue weighted by atomic mass is 28.4. The van der Waals surface area contributed by atoms with Gasteiger partial charge in [0, 0.05) is 0 Å². The van der Waals surface area contributed by atoms with Gasteiger partial charge in [-0.05, 0) is 0 Å². The van der Waals surface area contributed by atoms with E-state index < -0.39 is 26.4 Å². The minimum Gasteiger partial charge on any atom is -0.107 e. The molecule has 12 heavy (non-hydrogen) atoms. The average Bonchev–Trinajstić information content (AvgIpc) is 2.16. The molecule has 0 aliphatic carbocycles. The van der Waals surface area contributed by atoms with Gasteiger partial charge in [-0.2, -0.15) is 0 Å². The van der Waals surface area contributed by atoms with E-state index in [1.807, 2.05) is 0 Å². The maximum atomic E-state index is 3.96. The van der Waals surface area contributed by atoms with Gasteiger partial charge in [0.1, 0.15) is 0 Å². The van der Waals surface area contributed by atoms with E-state index in [0.29, 0.717) is 0 Å². The van der Waals surface area contributed by atoms with Crippen molar-refractivity contribution in [3.63, 3.8) is 0 Å². The molecular weight excluding hydrogens is 192 g/mol. The minimum absolute atomic E-state index is 0.511. The molecule has 1 saturated heterocycles. The SMILES string of the molecule is C=C[SiH]1C[SiH](C=C)C[SiH](C=C)C1. The van der Waals surface area contributed by atoms with E-state index in [0.717, 1.165) is 0 Å². The predicted molar refractivity (Wildman–Crippen MR) is 66.5 cm³/mol. The van der Waals surface area contributed by atoms with Crippen molar-refractivity contribution in [2.24, 2.45) is 0 Å². The molecule has 0 nitrogen and oxygen atoms in total. The van der Waals surface area contributed by atoms with Crippen LogP contribution in [0.5, 0.6) is 0 Å². The second-order valence-corrected chi connectivity index (χ2v) is 15.3. The average molecular weight is 211 g/mol. The molecule has 0 atom stereocenters. The maximum Gasteiger partial charge on any atom is 0.0556 e. The molecule has 66 valence electrons. The molecule has 1 aliphatic rings. The van der Waals surface area contributed by atoms with Crippen LogP contribution in [0, 0.1) is 0 Å². The Hall–Kier alpha value is -0.129. The van der Waals surface area contributed by atoms with E-state index in [4.69, 9.17) is 0 Å². The van der Waals surface area contributed by atoms with Gasteiger partial charge in [-0.15, -0.1) is 36.8 Å². The van der Waals surface area contributed by atoms with Crippen molar-refractivity contribution in [3.8, 4) is 0 Å². The van der Waals surface area contributed by atoms with Crippen molar-refractivity contribution in [1.82, 2.24) is 0 Å². The molecule has 1 rings (SSSR count). The summed E-state index contributed by atoms with van der Waals surface area (Å²) in [5.74, 6) is 0. The molecule has 0 aromatic heterocycles. The van der Waals surface area contributed by atoms with Crippen LogP contribution >= 0.6 is 0 Å². The summed E-state index contributed by atoms with van der Waals surface area (Å²) in [4.78, 5) is 0. The summed E-state index contributed by atoms with van der Waals surface area (Å²) in [7, 11) is -1.53. The van der Waals surface area contributed by atoms with Gasteiger partial charge in [0.15, 0.2) is 0 Å². The summed E-state index contributed by atoms with van der Waals surface area (Å²) in [5, 5.41) is 0. The quantitative estimate of drug-likeness (QED) is 0.619. The largest absolute Gasteiger partial charge is 0.107 e. The van der Waals surface area contributed by atoms with Gasteiger partial charge in [0.05, 0.1) is 26.4 Å². The van der Waals surface area contributed by atoms with E-state index in [-0.39, 0.29) is 0 Å². The van der Waals surface area contributed by atoms with Crippen molar-refractivity contribution in [2.45, 2.75) is 17.0 Å². The van der Waals surface area contributed by atoms with Gasteiger partial charge in [-0.3, -0.25) is 0 Å². The third-order valence-electron chi connectivity index (χ3n) is 2.82. The summed E-state index contributed by atoms with van der Waals surface area (Å²) >= 11 is 0. The Balaban J connectivity index is 2.57. The van der Waals surface area contributed by atoms with Crippen LogP contribution in [-0.2, 0) is 0 Å². The Bertz CT molecular complexity index is 149. The third-order valence-corrected chi connectivity index (χ3v) is 19.3. The standard InChI is InChI=1S/C9H18Si3/c1-4-10-7-11(5-2)9-12(6-3)8-10/h4-6,10-12H,1-3,7-9H2. The molecule has 1 aliphatic heterocycles. The highest BCUT2D eigenvalue weighted by molar-refractivity contribution is 6.99. The van der Waals surface area contributed by atoms with Gasteiger partial charge in [0.25, 0.3) is 0 Å². The van der Waals surface area contributed by atoms with E-state index in [1.54, 1.807) is 17.0 Å². The Kier molecular flexibility index (Phi) is 3.97. The Morgan fingerprint density at radius 3 is 1.08 bits per heavy atom. The summed E-state index contributed by atoms with van der Waals surface area (Å²) in [5.41, 5.74) is 11.5. The van der Waals surface area contributed by atoms with Crippen LogP contribution in [0.2, 0.25) is 17.0 Å². The molecule has 0 radical (unpaired) electrons. The van der Waals surface area contributed by atoms with Gasteiger partial charge in [0.2, 0.25) is 0 Å². The van der Waals surface area contributed by atoms with Crippen LogP contribution in [0.3, 0.4) is 0 Å². The maximum absolute atomic E-state index is 3.96. The lowest BCUT2D eigenvalue weighted by Crippen LogP contribution is -2.36. The fourth-order valence-electron chi connectivity index (χ4n) is 2.03. The van der Waals surface area contributed by atoms with Gasteiger partial charge in [-0.1, -0.05) is 17.0 Å². The second-order valence-electron chi connectivity index (χ2n) is 3.69. The summed E-state index contributed by atoms with van der Waals surface area (Å²) in [6.45, 7) is 11.9. The molecule has 0 aromatic rings. The second kappa shape index (κ2) is 4.79. The molecule has 0 amide bonds. The zero-order valence-corrected chi connectivity index (χ0v) is 11.2. The smallest absolute Gasteiger partial charge is 0.0556 e. The van der Waals surface area contributed by atoms with Crippen LogP contribution in [0.25, 0.3) is 0 Å². The fraction of sp³-hybridized carbons (Fsp3) is 0.333. The number of hydrogen-bond acceptors (Lipinski definition) is 0. The van der Waals surface area contributed by atoms with Crippen molar-refractivity contribution in [1.29, 1.82) is 0 Å². The lowest BCUT2D eigenvalue weighted by atomic mass is 11.3. The van der Waals surface area contributed by atoms with Gasteiger partial charge in [-0.25, -0.2) is 0 Å².